The summed E-state index contributed by atoms with van der Waals surface area (Å²) >= 11 is 0. The number of ketones is 2. The van der Waals surface area contributed by atoms with E-state index in [2.05, 4.69) is 0 Å². The molecule has 0 unspecified atom stereocenters. The van der Waals surface area contributed by atoms with Crippen LogP contribution in [0.15, 0.2) is 24.3 Å². The Kier molecular flexibility index (Phi) is 10.8. The summed E-state index contributed by atoms with van der Waals surface area (Å²) in [6.45, 7) is 7.83. The van der Waals surface area contributed by atoms with Gasteiger partial charge in [0, 0.05) is 25.7 Å². The van der Waals surface area contributed by atoms with Gasteiger partial charge in [0.15, 0.2) is 0 Å². The van der Waals surface area contributed by atoms with Gasteiger partial charge in [-0.3, -0.25) is 19.2 Å². The standard InChI is InChI=1S/C26H38O6/c1-25(2,17-23(29)31-5)13-11-21(27)15-19-7-9-20(10-8-19)16-22(28)12-14-26(3,4)18-24(30)32-6/h7-10H,11-18H2,1-6H3. The number of Topliss-reactive ketones (excluding diaryl/α,β-unsaturated/α-hetero) is 2. The van der Waals surface area contributed by atoms with E-state index in [0.717, 1.165) is 11.1 Å². The summed E-state index contributed by atoms with van der Waals surface area (Å²) in [4.78, 5) is 47.6. The van der Waals surface area contributed by atoms with Gasteiger partial charge in [-0.25, -0.2) is 0 Å². The number of rotatable bonds is 14. The second-order valence-corrected chi connectivity index (χ2v) is 10.1. The summed E-state index contributed by atoms with van der Waals surface area (Å²) in [5.74, 6) is -0.279. The third-order valence-corrected chi connectivity index (χ3v) is 5.69. The monoisotopic (exact) mass is 446 g/mol. The molecule has 6 heteroatoms. The van der Waals surface area contributed by atoms with E-state index in [0.29, 0.717) is 51.4 Å². The molecular weight excluding hydrogens is 408 g/mol. The molecule has 0 N–H and O–H groups in total. The largest absolute Gasteiger partial charge is 0.469 e. The van der Waals surface area contributed by atoms with Crippen LogP contribution in [-0.4, -0.2) is 37.7 Å². The highest BCUT2D eigenvalue weighted by atomic mass is 16.5. The molecular formula is C26H38O6. The van der Waals surface area contributed by atoms with E-state index in [1.807, 2.05) is 52.0 Å². The van der Waals surface area contributed by atoms with Gasteiger partial charge >= 0.3 is 11.9 Å². The van der Waals surface area contributed by atoms with E-state index in [9.17, 15) is 19.2 Å². The molecule has 0 saturated heterocycles. The molecule has 1 rings (SSSR count). The van der Waals surface area contributed by atoms with Crippen molar-refractivity contribution in [3.8, 4) is 0 Å². The van der Waals surface area contributed by atoms with Crippen LogP contribution >= 0.6 is 0 Å². The molecule has 0 saturated carbocycles. The number of hydrogen-bond acceptors (Lipinski definition) is 6. The molecule has 32 heavy (non-hydrogen) atoms. The van der Waals surface area contributed by atoms with Crippen molar-refractivity contribution >= 4 is 23.5 Å². The minimum Gasteiger partial charge on any atom is -0.469 e. The SMILES string of the molecule is COC(=O)CC(C)(C)CCC(=O)Cc1ccc(CC(=O)CCC(C)(C)CC(=O)OC)cc1. The van der Waals surface area contributed by atoms with Crippen LogP contribution in [0.2, 0.25) is 0 Å². The first-order valence-electron chi connectivity index (χ1n) is 11.1. The third-order valence-electron chi connectivity index (χ3n) is 5.69. The predicted octanol–water partition coefficient (Wildman–Crippen LogP) is 4.65. The van der Waals surface area contributed by atoms with Crippen LogP contribution in [-0.2, 0) is 41.5 Å². The first-order chi connectivity index (χ1) is 14.9. The van der Waals surface area contributed by atoms with E-state index in [1.165, 1.54) is 14.2 Å². The Morgan fingerprint density at radius 1 is 0.656 bits per heavy atom. The van der Waals surface area contributed by atoms with Crippen molar-refractivity contribution in [2.75, 3.05) is 14.2 Å². The Bertz CT molecular complexity index is 722. The van der Waals surface area contributed by atoms with Crippen LogP contribution in [0.25, 0.3) is 0 Å². The maximum atomic E-state index is 12.4. The minimum absolute atomic E-state index is 0.125. The third kappa shape index (κ3) is 11.2. The maximum absolute atomic E-state index is 12.4. The van der Waals surface area contributed by atoms with Gasteiger partial charge in [0.2, 0.25) is 0 Å². The van der Waals surface area contributed by atoms with Gasteiger partial charge in [-0.2, -0.15) is 0 Å². The average Bonchev–Trinajstić information content (AvgIpc) is 2.71. The highest BCUT2D eigenvalue weighted by Gasteiger charge is 2.24. The zero-order chi connectivity index (χ0) is 24.4. The van der Waals surface area contributed by atoms with Crippen molar-refractivity contribution < 1.29 is 28.7 Å². The number of esters is 2. The number of benzene rings is 1. The Morgan fingerprint density at radius 3 is 1.25 bits per heavy atom. The second kappa shape index (κ2) is 12.5. The van der Waals surface area contributed by atoms with Crippen molar-refractivity contribution in [1.82, 2.24) is 0 Å². The maximum Gasteiger partial charge on any atom is 0.306 e. The van der Waals surface area contributed by atoms with Gasteiger partial charge in [-0.1, -0.05) is 52.0 Å². The summed E-state index contributed by atoms with van der Waals surface area (Å²) in [6, 6.07) is 7.56. The van der Waals surface area contributed by atoms with Crippen LogP contribution in [0, 0.1) is 10.8 Å². The Morgan fingerprint density at radius 2 is 0.969 bits per heavy atom. The van der Waals surface area contributed by atoms with Gasteiger partial charge in [-0.05, 0) is 34.8 Å². The second-order valence-electron chi connectivity index (χ2n) is 10.1. The average molecular weight is 447 g/mol. The van der Waals surface area contributed by atoms with Crippen LogP contribution in [0.3, 0.4) is 0 Å². The van der Waals surface area contributed by atoms with E-state index in [4.69, 9.17) is 9.47 Å². The summed E-state index contributed by atoms with van der Waals surface area (Å²) in [6.07, 6.45) is 3.32. The topological polar surface area (TPSA) is 86.7 Å². The molecule has 0 aromatic heterocycles. The fourth-order valence-corrected chi connectivity index (χ4v) is 3.47. The lowest BCUT2D eigenvalue weighted by atomic mass is 9.83. The quantitative estimate of drug-likeness (QED) is 0.387. The van der Waals surface area contributed by atoms with Crippen molar-refractivity contribution in [3.05, 3.63) is 35.4 Å². The van der Waals surface area contributed by atoms with Gasteiger partial charge in [-0.15, -0.1) is 0 Å². The first-order valence-corrected chi connectivity index (χ1v) is 11.1. The fourth-order valence-electron chi connectivity index (χ4n) is 3.47. The van der Waals surface area contributed by atoms with Crippen LogP contribution in [0.5, 0.6) is 0 Å². The van der Waals surface area contributed by atoms with Crippen molar-refractivity contribution in [2.45, 2.75) is 79.1 Å². The molecule has 0 spiro atoms. The lowest BCUT2D eigenvalue weighted by molar-refractivity contribution is -0.144. The zero-order valence-electron chi connectivity index (χ0n) is 20.4. The number of ether oxygens (including phenoxy) is 2. The fraction of sp³-hybridized carbons (Fsp3) is 0.615. The van der Waals surface area contributed by atoms with Crippen molar-refractivity contribution in [2.24, 2.45) is 10.8 Å². The van der Waals surface area contributed by atoms with E-state index in [-0.39, 0.29) is 34.3 Å². The smallest absolute Gasteiger partial charge is 0.306 e. The van der Waals surface area contributed by atoms with E-state index >= 15 is 0 Å². The molecule has 0 amide bonds. The van der Waals surface area contributed by atoms with Crippen molar-refractivity contribution in [1.29, 1.82) is 0 Å². The highest BCUT2D eigenvalue weighted by Crippen LogP contribution is 2.28. The van der Waals surface area contributed by atoms with Crippen molar-refractivity contribution in [3.63, 3.8) is 0 Å². The molecule has 0 radical (unpaired) electrons. The minimum atomic E-state index is -0.279. The Balaban J connectivity index is 2.47. The molecule has 6 nitrogen and oxygen atoms in total. The van der Waals surface area contributed by atoms with Gasteiger partial charge in [0.25, 0.3) is 0 Å². The van der Waals surface area contributed by atoms with Gasteiger partial charge in [0.05, 0.1) is 27.1 Å². The molecule has 0 aliphatic rings. The summed E-state index contributed by atoms with van der Waals surface area (Å²) in [5.41, 5.74) is 1.27. The summed E-state index contributed by atoms with van der Waals surface area (Å²) < 4.78 is 9.42. The number of hydrogen-bond donors (Lipinski definition) is 0. The molecule has 0 atom stereocenters. The van der Waals surface area contributed by atoms with Crippen LogP contribution < -0.4 is 0 Å². The number of methoxy groups -OCH3 is 2. The normalized spacial score (nSPS) is 11.7. The van der Waals surface area contributed by atoms with E-state index in [1.54, 1.807) is 0 Å². The lowest BCUT2D eigenvalue weighted by Crippen LogP contribution is -2.20. The van der Waals surface area contributed by atoms with E-state index < -0.39 is 0 Å². The van der Waals surface area contributed by atoms with Gasteiger partial charge < -0.3 is 9.47 Å². The number of carbonyl (C=O) groups excluding carboxylic acids is 4. The van der Waals surface area contributed by atoms with Crippen LogP contribution in [0.1, 0.15) is 77.3 Å². The molecule has 1 aromatic rings. The Labute approximate surface area is 192 Å². The first kappa shape index (κ1) is 27.5. The molecule has 0 fully saturated rings. The molecule has 0 aliphatic carbocycles. The Hall–Kier alpha value is -2.50. The summed E-state index contributed by atoms with van der Waals surface area (Å²) in [5, 5.41) is 0. The molecule has 0 heterocycles. The number of carbonyl (C=O) groups is 4. The highest BCUT2D eigenvalue weighted by molar-refractivity contribution is 5.82. The molecule has 0 bridgehead atoms. The summed E-state index contributed by atoms with van der Waals surface area (Å²) in [7, 11) is 2.74. The molecule has 178 valence electrons. The predicted molar refractivity (Wildman–Crippen MR) is 123 cm³/mol. The lowest BCUT2D eigenvalue weighted by Gasteiger charge is -2.22. The van der Waals surface area contributed by atoms with Gasteiger partial charge in [0.1, 0.15) is 11.6 Å². The molecule has 1 aromatic carbocycles. The zero-order valence-corrected chi connectivity index (χ0v) is 20.4. The molecule has 0 aliphatic heterocycles. The van der Waals surface area contributed by atoms with Crippen LogP contribution in [0.4, 0.5) is 0 Å².